The summed E-state index contributed by atoms with van der Waals surface area (Å²) in [5, 5.41) is 11.3. The maximum absolute atomic E-state index is 11.3. The molecule has 0 unspecified atom stereocenters. The number of aryl methyl sites for hydroxylation is 1. The number of rotatable bonds is 4. The number of nitrogens with zero attached hydrogens (tertiary/aromatic N) is 2. The lowest BCUT2D eigenvalue weighted by atomic mass is 10.1. The number of halogens is 1. The van der Waals surface area contributed by atoms with E-state index < -0.39 is 0 Å². The average Bonchev–Trinajstić information content (AvgIpc) is 2.56. The summed E-state index contributed by atoms with van der Waals surface area (Å²) in [7, 11) is 0. The molecular formula is C18H21BrN3O2+. The lowest BCUT2D eigenvalue weighted by Gasteiger charge is -2.33. The molecule has 24 heavy (non-hydrogen) atoms. The Labute approximate surface area is 150 Å². The van der Waals surface area contributed by atoms with Gasteiger partial charge in [0.25, 0.3) is 5.69 Å². The molecule has 2 aromatic rings. The van der Waals surface area contributed by atoms with Gasteiger partial charge in [0, 0.05) is 16.1 Å². The highest BCUT2D eigenvalue weighted by Gasteiger charge is 2.25. The molecule has 1 heterocycles. The molecule has 1 aliphatic heterocycles. The van der Waals surface area contributed by atoms with Crippen LogP contribution in [0.5, 0.6) is 0 Å². The first kappa shape index (κ1) is 16.9. The monoisotopic (exact) mass is 390 g/mol. The van der Waals surface area contributed by atoms with Gasteiger partial charge < -0.3 is 9.80 Å². The third kappa shape index (κ3) is 3.94. The van der Waals surface area contributed by atoms with Crippen molar-refractivity contribution in [2.45, 2.75) is 13.5 Å². The van der Waals surface area contributed by atoms with Gasteiger partial charge in [0.1, 0.15) is 12.2 Å². The Morgan fingerprint density at radius 3 is 2.62 bits per heavy atom. The summed E-state index contributed by atoms with van der Waals surface area (Å²) in [5.41, 5.74) is 3.54. The minimum atomic E-state index is -0.300. The molecule has 0 atom stereocenters. The van der Waals surface area contributed by atoms with Gasteiger partial charge >= 0.3 is 0 Å². The van der Waals surface area contributed by atoms with Gasteiger partial charge in [-0.1, -0.05) is 45.8 Å². The first-order valence-corrected chi connectivity index (χ1v) is 8.90. The summed E-state index contributed by atoms with van der Waals surface area (Å²) in [6.45, 7) is 6.77. The Kier molecular flexibility index (Phi) is 5.16. The molecule has 0 aliphatic carbocycles. The zero-order valence-corrected chi connectivity index (χ0v) is 15.3. The molecule has 0 aromatic heterocycles. The predicted octanol–water partition coefficient (Wildman–Crippen LogP) is 2.57. The van der Waals surface area contributed by atoms with E-state index in [0.29, 0.717) is 0 Å². The SMILES string of the molecule is Cc1cccc(C[NH+]2CCN(c3ccc(Br)cc3[N+](=O)[O-])CC2)c1. The first-order valence-electron chi connectivity index (χ1n) is 8.11. The average molecular weight is 391 g/mol. The van der Waals surface area contributed by atoms with Crippen LogP contribution in [-0.4, -0.2) is 31.1 Å². The summed E-state index contributed by atoms with van der Waals surface area (Å²) < 4.78 is 0.738. The van der Waals surface area contributed by atoms with E-state index in [1.54, 1.807) is 6.07 Å². The molecule has 5 nitrogen and oxygen atoms in total. The molecule has 0 saturated carbocycles. The van der Waals surface area contributed by atoms with Crippen molar-refractivity contribution < 1.29 is 9.82 Å². The molecule has 1 N–H and O–H groups in total. The lowest BCUT2D eigenvalue weighted by molar-refractivity contribution is -0.914. The van der Waals surface area contributed by atoms with E-state index >= 15 is 0 Å². The minimum absolute atomic E-state index is 0.173. The quantitative estimate of drug-likeness (QED) is 0.644. The molecule has 0 bridgehead atoms. The van der Waals surface area contributed by atoms with Gasteiger partial charge in [-0.15, -0.1) is 0 Å². The Morgan fingerprint density at radius 1 is 1.21 bits per heavy atom. The summed E-state index contributed by atoms with van der Waals surface area (Å²) in [6, 6.07) is 13.9. The highest BCUT2D eigenvalue weighted by Crippen LogP contribution is 2.31. The van der Waals surface area contributed by atoms with Crippen molar-refractivity contribution in [3.63, 3.8) is 0 Å². The fraction of sp³-hybridized carbons (Fsp3) is 0.333. The van der Waals surface area contributed by atoms with Crippen molar-refractivity contribution >= 4 is 27.3 Å². The van der Waals surface area contributed by atoms with E-state index in [1.165, 1.54) is 16.0 Å². The Balaban J connectivity index is 1.66. The van der Waals surface area contributed by atoms with Crippen molar-refractivity contribution in [3.05, 3.63) is 68.2 Å². The second-order valence-electron chi connectivity index (χ2n) is 6.29. The number of anilines is 1. The number of hydrogen-bond acceptors (Lipinski definition) is 3. The molecule has 1 saturated heterocycles. The molecule has 0 spiro atoms. The van der Waals surface area contributed by atoms with Gasteiger partial charge in [0.2, 0.25) is 0 Å². The van der Waals surface area contributed by atoms with Crippen LogP contribution in [0.3, 0.4) is 0 Å². The van der Waals surface area contributed by atoms with Crippen LogP contribution in [0.1, 0.15) is 11.1 Å². The highest BCUT2D eigenvalue weighted by atomic mass is 79.9. The topological polar surface area (TPSA) is 50.8 Å². The molecule has 0 radical (unpaired) electrons. The first-order chi connectivity index (χ1) is 11.5. The molecule has 6 heteroatoms. The van der Waals surface area contributed by atoms with Crippen molar-refractivity contribution in [2.75, 3.05) is 31.1 Å². The fourth-order valence-electron chi connectivity index (χ4n) is 3.26. The Hall–Kier alpha value is -1.92. The maximum Gasteiger partial charge on any atom is 0.293 e. The second kappa shape index (κ2) is 7.32. The third-order valence-electron chi connectivity index (χ3n) is 4.48. The molecular weight excluding hydrogens is 370 g/mol. The summed E-state index contributed by atoms with van der Waals surface area (Å²) >= 11 is 3.31. The third-order valence-corrected chi connectivity index (χ3v) is 4.98. The van der Waals surface area contributed by atoms with Gasteiger partial charge in [-0.25, -0.2) is 0 Å². The number of benzene rings is 2. The van der Waals surface area contributed by atoms with E-state index in [9.17, 15) is 10.1 Å². The molecule has 2 aromatic carbocycles. The number of hydrogen-bond donors (Lipinski definition) is 1. The molecule has 3 rings (SSSR count). The number of piperazine rings is 1. The van der Waals surface area contributed by atoms with Crippen molar-refractivity contribution in [1.29, 1.82) is 0 Å². The zero-order chi connectivity index (χ0) is 17.1. The van der Waals surface area contributed by atoms with Crippen LogP contribution in [0.25, 0.3) is 0 Å². The van der Waals surface area contributed by atoms with E-state index in [1.807, 2.05) is 12.1 Å². The van der Waals surface area contributed by atoms with Crippen molar-refractivity contribution in [1.82, 2.24) is 0 Å². The predicted molar refractivity (Wildman–Crippen MR) is 98.6 cm³/mol. The molecule has 1 fully saturated rings. The van der Waals surface area contributed by atoms with Gasteiger partial charge in [0.15, 0.2) is 0 Å². The lowest BCUT2D eigenvalue weighted by Crippen LogP contribution is -3.13. The van der Waals surface area contributed by atoms with Crippen LogP contribution in [0.4, 0.5) is 11.4 Å². The number of nitrogens with one attached hydrogen (secondary N) is 1. The van der Waals surface area contributed by atoms with E-state index in [2.05, 4.69) is 52.0 Å². The summed E-state index contributed by atoms with van der Waals surface area (Å²) in [6.07, 6.45) is 0. The largest absolute Gasteiger partial charge is 0.355 e. The normalized spacial score (nSPS) is 15.5. The van der Waals surface area contributed by atoms with Gasteiger partial charge in [-0.3, -0.25) is 10.1 Å². The van der Waals surface area contributed by atoms with E-state index in [-0.39, 0.29) is 10.6 Å². The van der Waals surface area contributed by atoms with Crippen LogP contribution in [0.15, 0.2) is 46.9 Å². The smallest absolute Gasteiger partial charge is 0.293 e. The van der Waals surface area contributed by atoms with Crippen LogP contribution in [0.2, 0.25) is 0 Å². The summed E-state index contributed by atoms with van der Waals surface area (Å²) in [5.74, 6) is 0. The Bertz CT molecular complexity index is 743. The highest BCUT2D eigenvalue weighted by molar-refractivity contribution is 9.10. The standard InChI is InChI=1S/C18H20BrN3O2/c1-14-3-2-4-15(11-14)13-20-7-9-21(10-8-20)17-6-5-16(19)12-18(17)22(23)24/h2-6,11-12H,7-10,13H2,1H3/p+1. The summed E-state index contributed by atoms with van der Waals surface area (Å²) in [4.78, 5) is 14.7. The number of nitro benzene ring substituents is 1. The van der Waals surface area contributed by atoms with Crippen molar-refractivity contribution in [2.24, 2.45) is 0 Å². The van der Waals surface area contributed by atoms with Crippen molar-refractivity contribution in [3.8, 4) is 0 Å². The maximum atomic E-state index is 11.3. The number of nitro groups is 1. The van der Waals surface area contributed by atoms with Gasteiger partial charge in [-0.2, -0.15) is 0 Å². The second-order valence-corrected chi connectivity index (χ2v) is 7.21. The minimum Gasteiger partial charge on any atom is -0.355 e. The van der Waals surface area contributed by atoms with Crippen LogP contribution < -0.4 is 9.80 Å². The molecule has 126 valence electrons. The van der Waals surface area contributed by atoms with E-state index in [4.69, 9.17) is 0 Å². The van der Waals surface area contributed by atoms with Crippen LogP contribution in [-0.2, 0) is 6.54 Å². The van der Waals surface area contributed by atoms with E-state index in [0.717, 1.165) is 42.9 Å². The van der Waals surface area contributed by atoms with Gasteiger partial charge in [-0.05, 0) is 19.1 Å². The fourth-order valence-corrected chi connectivity index (χ4v) is 3.61. The molecule has 0 amide bonds. The molecule has 1 aliphatic rings. The zero-order valence-electron chi connectivity index (χ0n) is 13.7. The van der Waals surface area contributed by atoms with Gasteiger partial charge in [0.05, 0.1) is 31.1 Å². The van der Waals surface area contributed by atoms with Crippen LogP contribution in [0, 0.1) is 17.0 Å². The van der Waals surface area contributed by atoms with Crippen LogP contribution >= 0.6 is 15.9 Å². The Morgan fingerprint density at radius 2 is 1.96 bits per heavy atom. The number of quaternary nitrogens is 1.